The van der Waals surface area contributed by atoms with Gasteiger partial charge in [0.25, 0.3) is 0 Å². The van der Waals surface area contributed by atoms with E-state index >= 15 is 0 Å². The first kappa shape index (κ1) is 20.8. The summed E-state index contributed by atoms with van der Waals surface area (Å²) in [7, 11) is -3.28. The lowest BCUT2D eigenvalue weighted by atomic mass is 10.1. The summed E-state index contributed by atoms with van der Waals surface area (Å²) in [6.45, 7) is 3.39. The predicted molar refractivity (Wildman–Crippen MR) is 126 cm³/mol. The van der Waals surface area contributed by atoms with Crippen molar-refractivity contribution in [2.24, 2.45) is 0 Å². The zero-order valence-electron chi connectivity index (χ0n) is 18.1. The van der Waals surface area contributed by atoms with Gasteiger partial charge in [0.2, 0.25) is 0 Å². The van der Waals surface area contributed by atoms with Gasteiger partial charge in [0.1, 0.15) is 0 Å². The number of hydrogen-bond acceptors (Lipinski definition) is 5. The van der Waals surface area contributed by atoms with Crippen molar-refractivity contribution in [3.05, 3.63) is 72.7 Å². The maximum absolute atomic E-state index is 11.9. The first-order chi connectivity index (χ1) is 15.5. The van der Waals surface area contributed by atoms with Crippen molar-refractivity contribution in [3.63, 3.8) is 0 Å². The van der Waals surface area contributed by atoms with Crippen molar-refractivity contribution in [2.45, 2.75) is 30.7 Å². The maximum Gasteiger partial charge on any atom is 0.175 e. The Morgan fingerprint density at radius 2 is 1.69 bits per heavy atom. The zero-order valence-corrected chi connectivity index (χ0v) is 18.9. The summed E-state index contributed by atoms with van der Waals surface area (Å²) in [6, 6.07) is 15.6. The van der Waals surface area contributed by atoms with Crippen LogP contribution in [0.2, 0.25) is 0 Å². The minimum absolute atomic E-state index is 0.288. The van der Waals surface area contributed by atoms with Crippen LogP contribution in [0.1, 0.15) is 24.8 Å². The summed E-state index contributed by atoms with van der Waals surface area (Å²) >= 11 is 0. The number of piperidine rings is 1. The van der Waals surface area contributed by atoms with E-state index < -0.39 is 9.84 Å². The Bertz CT molecular complexity index is 1350. The van der Waals surface area contributed by atoms with Crippen molar-refractivity contribution in [2.75, 3.05) is 19.3 Å². The molecule has 1 aliphatic rings. The molecule has 0 atom stereocenters. The minimum Gasteiger partial charge on any atom is -0.299 e. The molecule has 7 heteroatoms. The second-order valence-corrected chi connectivity index (χ2v) is 10.5. The van der Waals surface area contributed by atoms with Crippen LogP contribution in [-0.2, 0) is 16.4 Å². The highest BCUT2D eigenvalue weighted by Crippen LogP contribution is 2.27. The molecule has 0 aliphatic carbocycles. The standard InChI is InChI=1S/C25H26N4O2S/c1-32(30,31)23-7-5-6-21(14-23)24-16-27-29-18-22(15-26-25(24)29)20-10-8-19(9-11-20)17-28-12-3-2-4-13-28/h5-11,14-16,18H,2-4,12-13,17H2,1H3. The lowest BCUT2D eigenvalue weighted by Gasteiger charge is -2.26. The molecule has 0 radical (unpaired) electrons. The average Bonchev–Trinajstić information content (AvgIpc) is 3.23. The topological polar surface area (TPSA) is 67.6 Å². The smallest absolute Gasteiger partial charge is 0.175 e. The number of benzene rings is 2. The van der Waals surface area contributed by atoms with E-state index in [1.54, 1.807) is 28.9 Å². The van der Waals surface area contributed by atoms with Crippen molar-refractivity contribution in [1.82, 2.24) is 19.5 Å². The molecule has 6 nitrogen and oxygen atoms in total. The Morgan fingerprint density at radius 1 is 0.906 bits per heavy atom. The Kier molecular flexibility index (Phi) is 5.53. The van der Waals surface area contributed by atoms with Gasteiger partial charge in [-0.3, -0.25) is 4.90 Å². The molecule has 2 aromatic carbocycles. The molecular weight excluding hydrogens is 420 g/mol. The molecule has 5 rings (SSSR count). The van der Waals surface area contributed by atoms with Gasteiger partial charge >= 0.3 is 0 Å². The Labute approximate surface area is 188 Å². The summed E-state index contributed by atoms with van der Waals surface area (Å²) in [5.74, 6) is 0. The molecule has 0 spiro atoms. The van der Waals surface area contributed by atoms with E-state index in [0.717, 1.165) is 28.8 Å². The van der Waals surface area contributed by atoms with Crippen LogP contribution < -0.4 is 0 Å². The van der Waals surface area contributed by atoms with Gasteiger partial charge in [-0.05, 0) is 54.8 Å². The number of aromatic nitrogens is 3. The highest BCUT2D eigenvalue weighted by molar-refractivity contribution is 7.90. The fourth-order valence-corrected chi connectivity index (χ4v) is 4.97. The van der Waals surface area contributed by atoms with Gasteiger partial charge in [-0.25, -0.2) is 17.9 Å². The van der Waals surface area contributed by atoms with Crippen LogP contribution in [0.15, 0.2) is 72.0 Å². The summed E-state index contributed by atoms with van der Waals surface area (Å²) in [5.41, 5.74) is 5.70. The number of likely N-dealkylation sites (tertiary alicyclic amines) is 1. The third-order valence-electron chi connectivity index (χ3n) is 6.07. The van der Waals surface area contributed by atoms with E-state index in [0.29, 0.717) is 5.65 Å². The van der Waals surface area contributed by atoms with Gasteiger partial charge in [0.05, 0.1) is 11.1 Å². The normalized spacial score (nSPS) is 15.3. The van der Waals surface area contributed by atoms with Crippen LogP contribution in [0, 0.1) is 0 Å². The second-order valence-electron chi connectivity index (χ2n) is 8.50. The summed E-state index contributed by atoms with van der Waals surface area (Å²) in [5, 5.41) is 4.47. The lowest BCUT2D eigenvalue weighted by Crippen LogP contribution is -2.28. The molecule has 4 aromatic rings. The quantitative estimate of drug-likeness (QED) is 0.453. The summed E-state index contributed by atoms with van der Waals surface area (Å²) < 4.78 is 25.6. The average molecular weight is 447 g/mol. The SMILES string of the molecule is CS(=O)(=O)c1cccc(-c2cnn3cc(-c4ccc(CN5CCCCC5)cc4)cnc23)c1. The van der Waals surface area contributed by atoms with Gasteiger partial charge in [0.15, 0.2) is 15.5 Å². The molecule has 32 heavy (non-hydrogen) atoms. The van der Waals surface area contributed by atoms with Gasteiger partial charge in [0, 0.05) is 36.3 Å². The zero-order chi connectivity index (χ0) is 22.1. The molecule has 1 saturated heterocycles. The second kappa shape index (κ2) is 8.48. The van der Waals surface area contributed by atoms with Crippen molar-refractivity contribution in [3.8, 4) is 22.3 Å². The first-order valence-electron chi connectivity index (χ1n) is 10.9. The maximum atomic E-state index is 11.9. The van der Waals surface area contributed by atoms with Crippen molar-refractivity contribution >= 4 is 15.5 Å². The fraction of sp³-hybridized carbons (Fsp3) is 0.280. The number of hydrogen-bond donors (Lipinski definition) is 0. The first-order valence-corrected chi connectivity index (χ1v) is 12.8. The molecule has 164 valence electrons. The molecule has 3 heterocycles. The van der Waals surface area contributed by atoms with Gasteiger partial charge in [-0.1, -0.05) is 42.8 Å². The molecule has 0 unspecified atom stereocenters. The Hall–Kier alpha value is -3.03. The van der Waals surface area contributed by atoms with E-state index in [1.807, 2.05) is 18.5 Å². The molecule has 0 saturated carbocycles. The van der Waals surface area contributed by atoms with Crippen LogP contribution in [0.5, 0.6) is 0 Å². The van der Waals surface area contributed by atoms with E-state index in [4.69, 9.17) is 0 Å². The highest BCUT2D eigenvalue weighted by Gasteiger charge is 2.14. The van der Waals surface area contributed by atoms with Crippen LogP contribution in [0.4, 0.5) is 0 Å². The van der Waals surface area contributed by atoms with Crippen LogP contribution >= 0.6 is 0 Å². The van der Waals surface area contributed by atoms with Gasteiger partial charge < -0.3 is 0 Å². The molecule has 0 bridgehead atoms. The number of nitrogens with zero attached hydrogens (tertiary/aromatic N) is 4. The predicted octanol–water partition coefficient (Wildman–Crippen LogP) is 4.45. The van der Waals surface area contributed by atoms with E-state index in [1.165, 1.54) is 44.2 Å². The van der Waals surface area contributed by atoms with Gasteiger partial charge in [-0.2, -0.15) is 5.10 Å². The third-order valence-corrected chi connectivity index (χ3v) is 7.18. The lowest BCUT2D eigenvalue weighted by molar-refractivity contribution is 0.221. The largest absolute Gasteiger partial charge is 0.299 e. The van der Waals surface area contributed by atoms with Crippen molar-refractivity contribution in [1.29, 1.82) is 0 Å². The number of sulfone groups is 1. The van der Waals surface area contributed by atoms with Crippen LogP contribution in [0.3, 0.4) is 0 Å². The Morgan fingerprint density at radius 3 is 2.44 bits per heavy atom. The van der Waals surface area contributed by atoms with Crippen molar-refractivity contribution < 1.29 is 8.42 Å². The molecule has 0 amide bonds. The molecule has 1 aliphatic heterocycles. The molecule has 0 N–H and O–H groups in total. The third kappa shape index (κ3) is 4.31. The monoisotopic (exact) mass is 446 g/mol. The fourth-order valence-electron chi connectivity index (χ4n) is 4.30. The highest BCUT2D eigenvalue weighted by atomic mass is 32.2. The van der Waals surface area contributed by atoms with Crippen LogP contribution in [0.25, 0.3) is 27.9 Å². The van der Waals surface area contributed by atoms with E-state index in [-0.39, 0.29) is 4.90 Å². The molecule has 2 aromatic heterocycles. The summed E-state index contributed by atoms with van der Waals surface area (Å²) in [4.78, 5) is 7.46. The number of fused-ring (bicyclic) bond motifs is 1. The molecular formula is C25H26N4O2S. The van der Waals surface area contributed by atoms with Crippen LogP contribution in [-0.4, -0.2) is 47.3 Å². The van der Waals surface area contributed by atoms with Gasteiger partial charge in [-0.15, -0.1) is 0 Å². The Balaban J connectivity index is 1.40. The number of rotatable bonds is 5. The summed E-state index contributed by atoms with van der Waals surface area (Å²) in [6.07, 6.45) is 10.7. The van der Waals surface area contributed by atoms with E-state index in [9.17, 15) is 8.42 Å². The minimum atomic E-state index is -3.28. The molecule has 1 fully saturated rings. The van der Waals surface area contributed by atoms with E-state index in [2.05, 4.69) is 39.2 Å².